The van der Waals surface area contributed by atoms with E-state index in [-0.39, 0.29) is 12.4 Å². The largest absolute Gasteiger partial charge is 0.394 e. The number of rotatable bonds is 10. The van der Waals surface area contributed by atoms with E-state index in [1.165, 1.54) is 16.7 Å². The quantitative estimate of drug-likeness (QED) is 0.604. The van der Waals surface area contributed by atoms with Crippen molar-refractivity contribution in [3.63, 3.8) is 0 Å². The Morgan fingerprint density at radius 2 is 1.82 bits per heavy atom. The molecule has 4 nitrogen and oxygen atoms in total. The van der Waals surface area contributed by atoms with Crippen molar-refractivity contribution in [1.82, 2.24) is 4.57 Å². The van der Waals surface area contributed by atoms with Crippen molar-refractivity contribution in [3.05, 3.63) is 57.9 Å². The topological polar surface area (TPSA) is 68.2 Å². The van der Waals surface area contributed by atoms with Crippen LogP contribution in [0.1, 0.15) is 71.0 Å². The molecule has 2 rings (SSSR count). The number of aromatic nitrogens is 1. The van der Waals surface area contributed by atoms with Gasteiger partial charge in [-0.3, -0.25) is 4.79 Å². The normalized spacial score (nSPS) is 13.5. The molecule has 0 saturated carbocycles. The monoisotopic (exact) mass is 384 g/mol. The third kappa shape index (κ3) is 5.33. The van der Waals surface area contributed by atoms with E-state index in [9.17, 15) is 9.90 Å². The Morgan fingerprint density at radius 3 is 2.43 bits per heavy atom. The summed E-state index contributed by atoms with van der Waals surface area (Å²) in [5, 5.41) is 9.53. The molecule has 154 valence electrons. The third-order valence-electron chi connectivity index (χ3n) is 6.18. The summed E-state index contributed by atoms with van der Waals surface area (Å²) < 4.78 is 2.02. The van der Waals surface area contributed by atoms with Crippen LogP contribution >= 0.6 is 0 Å². The minimum atomic E-state index is -0.549. The predicted molar refractivity (Wildman–Crippen MR) is 116 cm³/mol. The summed E-state index contributed by atoms with van der Waals surface area (Å²) in [6.07, 6.45) is 4.54. The van der Waals surface area contributed by atoms with Gasteiger partial charge >= 0.3 is 0 Å². The zero-order valence-corrected chi connectivity index (χ0v) is 18.1. The lowest BCUT2D eigenvalue weighted by Crippen LogP contribution is -2.43. The first-order valence-electron chi connectivity index (χ1n) is 10.3. The molecule has 0 saturated heterocycles. The molecule has 0 aliphatic carbocycles. The Kier molecular flexibility index (Phi) is 7.62. The number of aliphatic hydroxyl groups excluding tert-OH is 1. The average molecular weight is 385 g/mol. The Bertz CT molecular complexity index is 816. The first-order chi connectivity index (χ1) is 13.2. The molecule has 0 fully saturated rings. The van der Waals surface area contributed by atoms with E-state index >= 15 is 0 Å². The molecule has 0 amide bonds. The van der Waals surface area contributed by atoms with Gasteiger partial charge in [0.15, 0.2) is 5.78 Å². The number of benzene rings is 1. The summed E-state index contributed by atoms with van der Waals surface area (Å²) in [5.74, 6) is 0.192. The number of aryl methyl sites for hydroxylation is 4. The van der Waals surface area contributed by atoms with Crippen LogP contribution in [0.15, 0.2) is 24.3 Å². The summed E-state index contributed by atoms with van der Waals surface area (Å²) in [6, 6.07) is 8.53. The van der Waals surface area contributed by atoms with Gasteiger partial charge in [-0.1, -0.05) is 25.1 Å². The Morgan fingerprint density at radius 1 is 1.11 bits per heavy atom. The number of hydrogen-bond donors (Lipinski definition) is 2. The van der Waals surface area contributed by atoms with Crippen molar-refractivity contribution in [3.8, 4) is 0 Å². The molecule has 0 bridgehead atoms. The fourth-order valence-corrected chi connectivity index (χ4v) is 3.70. The lowest BCUT2D eigenvalue weighted by molar-refractivity contribution is 0.0972. The number of aliphatic hydroxyl groups is 1. The highest BCUT2D eigenvalue weighted by Crippen LogP contribution is 2.22. The minimum absolute atomic E-state index is 0.0166. The van der Waals surface area contributed by atoms with E-state index in [1.54, 1.807) is 0 Å². The molecule has 0 aliphatic rings. The van der Waals surface area contributed by atoms with Crippen LogP contribution in [-0.2, 0) is 19.9 Å². The van der Waals surface area contributed by atoms with Gasteiger partial charge in [0, 0.05) is 24.7 Å². The van der Waals surface area contributed by atoms with Crippen molar-refractivity contribution >= 4 is 5.78 Å². The highest BCUT2D eigenvalue weighted by atomic mass is 16.3. The fourth-order valence-electron chi connectivity index (χ4n) is 3.70. The van der Waals surface area contributed by atoms with E-state index < -0.39 is 5.54 Å². The molecule has 1 aromatic carbocycles. The number of carbonyl (C=O) groups excluding carboxylic acids is 1. The van der Waals surface area contributed by atoms with E-state index in [1.807, 2.05) is 31.5 Å². The van der Waals surface area contributed by atoms with Crippen molar-refractivity contribution in [2.75, 3.05) is 6.61 Å². The van der Waals surface area contributed by atoms with E-state index in [2.05, 4.69) is 32.0 Å². The maximum absolute atomic E-state index is 12.8. The number of nitrogens with two attached hydrogens (primary N) is 1. The first kappa shape index (κ1) is 22.4. The maximum Gasteiger partial charge on any atom is 0.179 e. The lowest BCUT2D eigenvalue weighted by Gasteiger charge is -2.25. The highest BCUT2D eigenvalue weighted by molar-refractivity contribution is 5.95. The van der Waals surface area contributed by atoms with E-state index in [0.717, 1.165) is 42.6 Å². The van der Waals surface area contributed by atoms with Crippen molar-refractivity contribution in [1.29, 1.82) is 0 Å². The van der Waals surface area contributed by atoms with Crippen LogP contribution in [-0.4, -0.2) is 27.6 Å². The molecule has 3 N–H and O–H groups in total. The molecule has 2 aromatic rings. The predicted octanol–water partition coefficient (Wildman–Crippen LogP) is 4.19. The second-order valence-corrected chi connectivity index (χ2v) is 8.29. The molecule has 28 heavy (non-hydrogen) atoms. The second-order valence-electron chi connectivity index (χ2n) is 8.29. The number of carbonyl (C=O) groups is 1. The van der Waals surface area contributed by atoms with E-state index in [4.69, 9.17) is 5.73 Å². The number of Topliss-reactive ketones (excluding diaryl/α,β-unsaturated/α-hetero) is 1. The highest BCUT2D eigenvalue weighted by Gasteiger charge is 2.23. The van der Waals surface area contributed by atoms with Gasteiger partial charge in [-0.15, -0.1) is 0 Å². The van der Waals surface area contributed by atoms with Crippen LogP contribution in [0.4, 0.5) is 0 Å². The minimum Gasteiger partial charge on any atom is -0.394 e. The van der Waals surface area contributed by atoms with Crippen LogP contribution in [0, 0.1) is 20.8 Å². The zero-order chi connectivity index (χ0) is 20.9. The number of hydrogen-bond acceptors (Lipinski definition) is 3. The van der Waals surface area contributed by atoms with Crippen molar-refractivity contribution in [2.45, 2.75) is 71.8 Å². The molecule has 1 atom stereocenters. The van der Waals surface area contributed by atoms with Crippen LogP contribution in [0.25, 0.3) is 0 Å². The summed E-state index contributed by atoms with van der Waals surface area (Å²) in [6.45, 7) is 8.28. The van der Waals surface area contributed by atoms with Gasteiger partial charge in [-0.2, -0.15) is 0 Å². The van der Waals surface area contributed by atoms with Gasteiger partial charge in [0.1, 0.15) is 0 Å². The maximum atomic E-state index is 12.8. The fraction of sp³-hybridized carbons (Fsp3) is 0.542. The Hall–Kier alpha value is -1.91. The zero-order valence-electron chi connectivity index (χ0n) is 18.1. The lowest BCUT2D eigenvalue weighted by atomic mass is 9.91. The summed E-state index contributed by atoms with van der Waals surface area (Å²) >= 11 is 0. The third-order valence-corrected chi connectivity index (χ3v) is 6.18. The summed E-state index contributed by atoms with van der Waals surface area (Å²) in [4.78, 5) is 12.8. The van der Waals surface area contributed by atoms with Crippen LogP contribution in [0.5, 0.6) is 0 Å². The molecule has 0 unspecified atom stereocenters. The Balaban J connectivity index is 1.99. The molecular formula is C24H36N2O2. The smallest absolute Gasteiger partial charge is 0.179 e. The number of ketones is 1. The molecular weight excluding hydrogens is 348 g/mol. The molecule has 1 aromatic heterocycles. The van der Waals surface area contributed by atoms with Crippen molar-refractivity contribution in [2.24, 2.45) is 12.8 Å². The van der Waals surface area contributed by atoms with Crippen LogP contribution < -0.4 is 5.73 Å². The van der Waals surface area contributed by atoms with Crippen LogP contribution in [0.3, 0.4) is 0 Å². The van der Waals surface area contributed by atoms with Crippen LogP contribution in [0.2, 0.25) is 0 Å². The number of nitrogens with zero attached hydrogens (tertiary/aromatic N) is 1. The van der Waals surface area contributed by atoms with Gasteiger partial charge in [0.25, 0.3) is 0 Å². The standard InChI is InChI=1S/C24H36N2O2/c1-6-24(25,16-27)13-12-21-19(4)15-22(26(21)5)23(28)9-7-8-20-11-10-17(2)18(3)14-20/h10-11,14-15,27H,6-9,12-13,16,25H2,1-5H3/t24-/m1/s1. The molecule has 0 aliphatic heterocycles. The molecule has 0 radical (unpaired) electrons. The summed E-state index contributed by atoms with van der Waals surface area (Å²) in [5.41, 5.74) is 12.6. The van der Waals surface area contributed by atoms with Crippen molar-refractivity contribution < 1.29 is 9.90 Å². The Labute approximate surface area is 169 Å². The van der Waals surface area contributed by atoms with Gasteiger partial charge in [0.05, 0.1) is 12.3 Å². The average Bonchev–Trinajstić information content (AvgIpc) is 2.96. The molecule has 4 heteroatoms. The SMILES string of the molecule is CC[C@](N)(CO)CCc1c(C)cc(C(=O)CCCc2ccc(C)c(C)c2)n1C. The second kappa shape index (κ2) is 9.53. The van der Waals surface area contributed by atoms with Gasteiger partial charge in [-0.25, -0.2) is 0 Å². The molecule has 0 spiro atoms. The van der Waals surface area contributed by atoms with E-state index in [0.29, 0.717) is 12.8 Å². The van der Waals surface area contributed by atoms with Gasteiger partial charge in [-0.05, 0) is 81.2 Å². The summed E-state index contributed by atoms with van der Waals surface area (Å²) in [7, 11) is 1.96. The first-order valence-corrected chi connectivity index (χ1v) is 10.3. The molecule has 1 heterocycles. The van der Waals surface area contributed by atoms with Gasteiger partial charge in [0.2, 0.25) is 0 Å². The van der Waals surface area contributed by atoms with Gasteiger partial charge < -0.3 is 15.4 Å².